The second-order valence-electron chi connectivity index (χ2n) is 7.38. The van der Waals surface area contributed by atoms with Gasteiger partial charge < -0.3 is 14.2 Å². The average Bonchev–Trinajstić information content (AvgIpc) is 3.12. The third kappa shape index (κ3) is 5.58. The lowest BCUT2D eigenvalue weighted by Crippen LogP contribution is -2.38. The van der Waals surface area contributed by atoms with Gasteiger partial charge in [0.15, 0.2) is 11.9 Å². The molecule has 0 saturated heterocycles. The molecule has 3 rings (SSSR count). The summed E-state index contributed by atoms with van der Waals surface area (Å²) in [6.07, 6.45) is -3.06. The van der Waals surface area contributed by atoms with Gasteiger partial charge >= 0.3 is 5.97 Å². The van der Waals surface area contributed by atoms with Crippen LogP contribution in [0.2, 0.25) is 0 Å². The fourth-order valence-corrected chi connectivity index (χ4v) is 5.09. The molecule has 1 aliphatic heterocycles. The Morgan fingerprint density at radius 3 is 1.79 bits per heavy atom. The van der Waals surface area contributed by atoms with Gasteiger partial charge in [0.1, 0.15) is 6.10 Å². The van der Waals surface area contributed by atoms with Gasteiger partial charge in [0.25, 0.3) is 20.2 Å². The molecule has 12 heteroatoms. The van der Waals surface area contributed by atoms with E-state index in [2.05, 4.69) is 0 Å². The molecule has 0 amide bonds. The molecule has 2 aromatic carbocycles. The van der Waals surface area contributed by atoms with Gasteiger partial charge in [0.05, 0.1) is 30.6 Å². The molecule has 0 radical (unpaired) electrons. The zero-order valence-electron chi connectivity index (χ0n) is 18.9. The van der Waals surface area contributed by atoms with Crippen LogP contribution >= 0.6 is 0 Å². The van der Waals surface area contributed by atoms with Crippen molar-refractivity contribution in [2.24, 2.45) is 0 Å². The summed E-state index contributed by atoms with van der Waals surface area (Å²) in [5, 5.41) is 0. The van der Waals surface area contributed by atoms with Gasteiger partial charge in [-0.2, -0.15) is 16.8 Å². The number of aryl methyl sites for hydroxylation is 2. The Bertz CT molecular complexity index is 1280. The maximum Gasteiger partial charge on any atom is 0.378 e. The molecule has 0 bridgehead atoms. The number of ether oxygens (including phenoxy) is 3. The zero-order chi connectivity index (χ0) is 25.1. The monoisotopic (exact) mass is 512 g/mol. The standard InChI is InChI=1S/C22H24O10S2/c1-14-5-9-16(10-6-14)33(24,25)30-13-18(19-20(28-3)21(29-4)22(23)31-19)32-34(26,27)17-11-7-15(2)8-12-17/h5-12,18-19H,13H2,1-4H3. The van der Waals surface area contributed by atoms with Crippen molar-refractivity contribution in [3.05, 3.63) is 71.2 Å². The Kier molecular flexibility index (Phi) is 7.66. The van der Waals surface area contributed by atoms with Gasteiger partial charge in [-0.1, -0.05) is 35.4 Å². The minimum absolute atomic E-state index is 0.137. The van der Waals surface area contributed by atoms with E-state index in [-0.39, 0.29) is 21.3 Å². The number of esters is 1. The number of hydrogen-bond donors (Lipinski definition) is 0. The highest BCUT2D eigenvalue weighted by Crippen LogP contribution is 2.30. The molecule has 2 aromatic rings. The highest BCUT2D eigenvalue weighted by molar-refractivity contribution is 7.87. The Balaban J connectivity index is 1.93. The fourth-order valence-electron chi connectivity index (χ4n) is 3.11. The second-order valence-corrected chi connectivity index (χ2v) is 10.6. The third-order valence-electron chi connectivity index (χ3n) is 4.92. The number of carbonyl (C=O) groups is 1. The first-order chi connectivity index (χ1) is 16.0. The Hall–Kier alpha value is -2.93. The van der Waals surface area contributed by atoms with Gasteiger partial charge in [0.2, 0.25) is 5.76 Å². The van der Waals surface area contributed by atoms with Gasteiger partial charge in [0, 0.05) is 0 Å². The largest absolute Gasteiger partial charge is 0.493 e. The van der Waals surface area contributed by atoms with E-state index in [1.807, 2.05) is 0 Å². The van der Waals surface area contributed by atoms with Crippen LogP contribution in [-0.2, 0) is 47.6 Å². The van der Waals surface area contributed by atoms with Crippen LogP contribution in [-0.4, -0.2) is 55.8 Å². The number of hydrogen-bond acceptors (Lipinski definition) is 10. The molecule has 0 fully saturated rings. The van der Waals surface area contributed by atoms with Crippen LogP contribution in [0.3, 0.4) is 0 Å². The maximum atomic E-state index is 12.9. The summed E-state index contributed by atoms with van der Waals surface area (Å²) in [5.41, 5.74) is 1.66. The highest BCUT2D eigenvalue weighted by atomic mass is 32.2. The van der Waals surface area contributed by atoms with Crippen molar-refractivity contribution in [1.82, 2.24) is 0 Å². The lowest BCUT2D eigenvalue weighted by molar-refractivity contribution is -0.147. The molecular formula is C22H24O10S2. The molecule has 0 spiro atoms. The number of benzene rings is 2. The summed E-state index contributed by atoms with van der Waals surface area (Å²) < 4.78 is 76.9. The number of methoxy groups -OCH3 is 2. The molecular weight excluding hydrogens is 488 g/mol. The molecule has 2 unspecified atom stereocenters. The first kappa shape index (κ1) is 25.7. The van der Waals surface area contributed by atoms with Gasteiger partial charge in [-0.05, 0) is 38.1 Å². The van der Waals surface area contributed by atoms with Gasteiger partial charge in [-0.3, -0.25) is 8.37 Å². The van der Waals surface area contributed by atoms with Crippen LogP contribution in [0.25, 0.3) is 0 Å². The van der Waals surface area contributed by atoms with Gasteiger partial charge in [-0.15, -0.1) is 0 Å². The quantitative estimate of drug-likeness (QED) is 0.345. The van der Waals surface area contributed by atoms with Crippen molar-refractivity contribution in [3.8, 4) is 0 Å². The molecule has 1 aliphatic rings. The minimum Gasteiger partial charge on any atom is -0.493 e. The van der Waals surface area contributed by atoms with Crippen molar-refractivity contribution >= 4 is 26.2 Å². The summed E-state index contributed by atoms with van der Waals surface area (Å²) in [7, 11) is -6.27. The first-order valence-corrected chi connectivity index (χ1v) is 12.8. The molecule has 34 heavy (non-hydrogen) atoms. The molecule has 184 valence electrons. The van der Waals surface area contributed by atoms with Gasteiger partial charge in [-0.25, -0.2) is 4.79 Å². The summed E-state index contributed by atoms with van der Waals surface area (Å²) in [6.45, 7) is 2.77. The average molecular weight is 513 g/mol. The Morgan fingerprint density at radius 1 is 0.824 bits per heavy atom. The lowest BCUT2D eigenvalue weighted by Gasteiger charge is -2.23. The molecule has 0 aromatic heterocycles. The number of rotatable bonds is 10. The van der Waals surface area contributed by atoms with Crippen LogP contribution in [0, 0.1) is 13.8 Å². The first-order valence-electron chi connectivity index (χ1n) is 9.97. The summed E-state index contributed by atoms with van der Waals surface area (Å²) in [5.74, 6) is -1.38. The normalized spacial score (nSPS) is 17.4. The number of cyclic esters (lactones) is 1. The molecule has 1 heterocycles. The van der Waals surface area contributed by atoms with E-state index in [9.17, 15) is 21.6 Å². The van der Waals surface area contributed by atoms with Crippen LogP contribution in [0.1, 0.15) is 11.1 Å². The van der Waals surface area contributed by atoms with E-state index >= 15 is 0 Å². The van der Waals surface area contributed by atoms with E-state index in [0.717, 1.165) is 11.1 Å². The molecule has 0 aliphatic carbocycles. The zero-order valence-corrected chi connectivity index (χ0v) is 20.5. The van der Waals surface area contributed by atoms with Crippen molar-refractivity contribution in [2.75, 3.05) is 20.8 Å². The van der Waals surface area contributed by atoms with E-state index in [1.54, 1.807) is 38.1 Å². The van der Waals surface area contributed by atoms with Crippen LogP contribution in [0.5, 0.6) is 0 Å². The van der Waals surface area contributed by atoms with Crippen LogP contribution < -0.4 is 0 Å². The van der Waals surface area contributed by atoms with E-state index in [4.69, 9.17) is 22.6 Å². The van der Waals surface area contributed by atoms with E-state index < -0.39 is 45.0 Å². The minimum atomic E-state index is -4.41. The number of carbonyl (C=O) groups excluding carboxylic acids is 1. The molecule has 2 atom stereocenters. The Morgan fingerprint density at radius 2 is 1.32 bits per heavy atom. The second kappa shape index (κ2) is 10.1. The molecule has 10 nitrogen and oxygen atoms in total. The van der Waals surface area contributed by atoms with E-state index in [0.29, 0.717) is 0 Å². The van der Waals surface area contributed by atoms with Crippen LogP contribution in [0.15, 0.2) is 69.8 Å². The topological polar surface area (TPSA) is 132 Å². The predicted molar refractivity (Wildman–Crippen MR) is 118 cm³/mol. The Labute approximate surface area is 198 Å². The van der Waals surface area contributed by atoms with Crippen LogP contribution in [0.4, 0.5) is 0 Å². The van der Waals surface area contributed by atoms with Crippen molar-refractivity contribution < 1.29 is 44.2 Å². The summed E-state index contributed by atoms with van der Waals surface area (Å²) >= 11 is 0. The maximum absolute atomic E-state index is 12.9. The lowest BCUT2D eigenvalue weighted by atomic mass is 10.2. The smallest absolute Gasteiger partial charge is 0.378 e. The summed E-state index contributed by atoms with van der Waals surface area (Å²) in [4.78, 5) is 11.9. The van der Waals surface area contributed by atoms with Crippen molar-refractivity contribution in [3.63, 3.8) is 0 Å². The van der Waals surface area contributed by atoms with E-state index in [1.165, 1.54) is 38.5 Å². The van der Waals surface area contributed by atoms with Crippen molar-refractivity contribution in [2.45, 2.75) is 35.8 Å². The third-order valence-corrected chi connectivity index (χ3v) is 7.57. The van der Waals surface area contributed by atoms with Crippen molar-refractivity contribution in [1.29, 1.82) is 0 Å². The SMILES string of the molecule is COC1=C(OC)C(C(COS(=O)(=O)c2ccc(C)cc2)OS(=O)(=O)c2ccc(C)cc2)OC1=O. The molecule has 0 N–H and O–H groups in total. The fraction of sp³-hybridized carbons (Fsp3) is 0.318. The molecule has 0 saturated carbocycles. The summed E-state index contributed by atoms with van der Waals surface area (Å²) in [6, 6.07) is 11.7. The predicted octanol–water partition coefficient (Wildman–Crippen LogP) is 2.21. The highest BCUT2D eigenvalue weighted by Gasteiger charge is 2.45.